The summed E-state index contributed by atoms with van der Waals surface area (Å²) in [5.41, 5.74) is 2.79. The van der Waals surface area contributed by atoms with Crippen molar-refractivity contribution in [3.63, 3.8) is 0 Å². The van der Waals surface area contributed by atoms with Gasteiger partial charge in [-0.25, -0.2) is 0 Å². The molecule has 0 aliphatic heterocycles. The summed E-state index contributed by atoms with van der Waals surface area (Å²) in [7, 11) is 1.65. The summed E-state index contributed by atoms with van der Waals surface area (Å²) in [6, 6.07) is 15.7. The van der Waals surface area contributed by atoms with E-state index in [1.54, 1.807) is 7.11 Å². The fourth-order valence-electron chi connectivity index (χ4n) is 2.33. The Labute approximate surface area is 123 Å². The van der Waals surface area contributed by atoms with Crippen LogP contribution in [0.4, 0.5) is 0 Å². The average molecular weight is 277 g/mol. The van der Waals surface area contributed by atoms with E-state index in [0.29, 0.717) is 5.56 Å². The number of ether oxygens (including phenoxy) is 1. The zero-order chi connectivity index (χ0) is 14.7. The lowest BCUT2D eigenvalue weighted by molar-refractivity contribution is 0.112. The molecule has 3 rings (SSSR count). The van der Waals surface area contributed by atoms with Gasteiger partial charge >= 0.3 is 0 Å². The van der Waals surface area contributed by atoms with Gasteiger partial charge in [-0.05, 0) is 29.8 Å². The predicted molar refractivity (Wildman–Crippen MR) is 85.5 cm³/mol. The van der Waals surface area contributed by atoms with E-state index >= 15 is 0 Å². The van der Waals surface area contributed by atoms with Crippen molar-refractivity contribution in [2.45, 2.75) is 0 Å². The van der Waals surface area contributed by atoms with Crippen LogP contribution >= 0.6 is 0 Å². The SMILES string of the molecule is COc1ccc(/C=C/n2cc(C=O)c3ccccc32)cc1. The zero-order valence-electron chi connectivity index (χ0n) is 11.7. The van der Waals surface area contributed by atoms with Crippen LogP contribution in [0.3, 0.4) is 0 Å². The Kier molecular flexibility index (Phi) is 3.56. The third kappa shape index (κ3) is 2.58. The number of nitrogens with zero attached hydrogens (tertiary/aromatic N) is 1. The largest absolute Gasteiger partial charge is 0.497 e. The van der Waals surface area contributed by atoms with Gasteiger partial charge in [0.25, 0.3) is 0 Å². The number of rotatable bonds is 4. The van der Waals surface area contributed by atoms with Crippen molar-refractivity contribution in [1.29, 1.82) is 0 Å². The van der Waals surface area contributed by atoms with Crippen LogP contribution in [0.25, 0.3) is 23.2 Å². The van der Waals surface area contributed by atoms with Gasteiger partial charge in [-0.15, -0.1) is 0 Å². The topological polar surface area (TPSA) is 31.2 Å². The Hall–Kier alpha value is -2.81. The number of carbonyl (C=O) groups excluding carboxylic acids is 1. The van der Waals surface area contributed by atoms with Crippen molar-refractivity contribution < 1.29 is 9.53 Å². The van der Waals surface area contributed by atoms with Crippen LogP contribution < -0.4 is 4.74 Å². The number of para-hydroxylation sites is 1. The maximum absolute atomic E-state index is 11.1. The zero-order valence-corrected chi connectivity index (χ0v) is 11.7. The molecular weight excluding hydrogens is 262 g/mol. The molecule has 0 saturated carbocycles. The molecule has 0 bridgehead atoms. The quantitative estimate of drug-likeness (QED) is 0.672. The molecule has 2 aromatic carbocycles. The predicted octanol–water partition coefficient (Wildman–Crippen LogP) is 4.09. The van der Waals surface area contributed by atoms with Gasteiger partial charge in [0.2, 0.25) is 0 Å². The van der Waals surface area contributed by atoms with Crippen molar-refractivity contribution in [1.82, 2.24) is 4.57 Å². The number of hydrogen-bond acceptors (Lipinski definition) is 2. The molecule has 0 aliphatic carbocycles. The maximum Gasteiger partial charge on any atom is 0.152 e. The lowest BCUT2D eigenvalue weighted by Gasteiger charge is -2.00. The molecule has 21 heavy (non-hydrogen) atoms. The molecule has 104 valence electrons. The Morgan fingerprint density at radius 2 is 1.81 bits per heavy atom. The van der Waals surface area contributed by atoms with E-state index in [9.17, 15) is 4.79 Å². The molecule has 0 saturated heterocycles. The van der Waals surface area contributed by atoms with Crippen molar-refractivity contribution in [2.24, 2.45) is 0 Å². The third-order valence-corrected chi connectivity index (χ3v) is 3.44. The van der Waals surface area contributed by atoms with Gasteiger partial charge in [0, 0.05) is 23.3 Å². The van der Waals surface area contributed by atoms with E-state index in [2.05, 4.69) is 0 Å². The lowest BCUT2D eigenvalue weighted by atomic mass is 10.2. The Bertz CT molecular complexity index is 798. The highest BCUT2D eigenvalue weighted by atomic mass is 16.5. The minimum absolute atomic E-state index is 0.699. The highest BCUT2D eigenvalue weighted by molar-refractivity contribution is 5.98. The van der Waals surface area contributed by atoms with Gasteiger partial charge in [-0.1, -0.05) is 30.3 Å². The van der Waals surface area contributed by atoms with E-state index in [0.717, 1.165) is 28.5 Å². The molecule has 0 N–H and O–H groups in total. The minimum atomic E-state index is 0.699. The van der Waals surface area contributed by atoms with Crippen molar-refractivity contribution in [3.8, 4) is 5.75 Å². The number of hydrogen-bond donors (Lipinski definition) is 0. The van der Waals surface area contributed by atoms with Gasteiger partial charge in [-0.2, -0.15) is 0 Å². The molecule has 0 amide bonds. The van der Waals surface area contributed by atoms with E-state index < -0.39 is 0 Å². The van der Waals surface area contributed by atoms with Gasteiger partial charge < -0.3 is 9.30 Å². The molecule has 3 aromatic rings. The molecule has 0 aliphatic rings. The van der Waals surface area contributed by atoms with Crippen molar-refractivity contribution >= 4 is 29.5 Å². The summed E-state index contributed by atoms with van der Waals surface area (Å²) < 4.78 is 7.10. The molecule has 3 nitrogen and oxygen atoms in total. The molecule has 0 unspecified atom stereocenters. The summed E-state index contributed by atoms with van der Waals surface area (Å²) in [4.78, 5) is 11.1. The van der Waals surface area contributed by atoms with Crippen molar-refractivity contribution in [2.75, 3.05) is 7.11 Å². The Morgan fingerprint density at radius 1 is 1.05 bits per heavy atom. The summed E-state index contributed by atoms with van der Waals surface area (Å²) in [6.07, 6.45) is 6.69. The maximum atomic E-state index is 11.1. The van der Waals surface area contributed by atoms with Crippen LogP contribution in [0.2, 0.25) is 0 Å². The molecule has 0 atom stereocenters. The second-order valence-electron chi connectivity index (χ2n) is 4.72. The first-order chi connectivity index (χ1) is 10.3. The molecule has 0 fully saturated rings. The van der Waals surface area contributed by atoms with E-state index in [1.807, 2.05) is 71.6 Å². The first-order valence-corrected chi connectivity index (χ1v) is 6.69. The molecule has 1 aromatic heterocycles. The van der Waals surface area contributed by atoms with Crippen LogP contribution in [-0.4, -0.2) is 18.0 Å². The van der Waals surface area contributed by atoms with Gasteiger partial charge in [0.15, 0.2) is 6.29 Å². The average Bonchev–Trinajstić information content (AvgIpc) is 2.91. The molecule has 3 heteroatoms. The molecule has 0 spiro atoms. The highest BCUT2D eigenvalue weighted by Gasteiger charge is 2.04. The molecule has 0 radical (unpaired) electrons. The number of aldehydes is 1. The van der Waals surface area contributed by atoms with E-state index in [1.165, 1.54) is 0 Å². The number of aromatic nitrogens is 1. The monoisotopic (exact) mass is 277 g/mol. The van der Waals surface area contributed by atoms with Gasteiger partial charge in [0.1, 0.15) is 5.75 Å². The summed E-state index contributed by atoms with van der Waals surface area (Å²) >= 11 is 0. The summed E-state index contributed by atoms with van der Waals surface area (Å²) in [5.74, 6) is 0.835. The Balaban J connectivity index is 1.97. The second kappa shape index (κ2) is 5.67. The first-order valence-electron chi connectivity index (χ1n) is 6.69. The second-order valence-corrected chi connectivity index (χ2v) is 4.72. The van der Waals surface area contributed by atoms with Gasteiger partial charge in [0.05, 0.1) is 12.6 Å². The fraction of sp³-hybridized carbons (Fsp3) is 0.0556. The summed E-state index contributed by atoms with van der Waals surface area (Å²) in [5, 5.41) is 0.965. The highest BCUT2D eigenvalue weighted by Crippen LogP contribution is 2.21. The first kappa shape index (κ1) is 13.2. The minimum Gasteiger partial charge on any atom is -0.497 e. The van der Waals surface area contributed by atoms with Crippen LogP contribution in [0.15, 0.2) is 54.7 Å². The fourth-order valence-corrected chi connectivity index (χ4v) is 2.33. The van der Waals surface area contributed by atoms with E-state index in [-0.39, 0.29) is 0 Å². The van der Waals surface area contributed by atoms with Gasteiger partial charge in [-0.3, -0.25) is 4.79 Å². The molecular formula is C18H15NO2. The smallest absolute Gasteiger partial charge is 0.152 e. The normalized spacial score (nSPS) is 11.1. The number of carbonyl (C=O) groups is 1. The summed E-state index contributed by atoms with van der Waals surface area (Å²) in [6.45, 7) is 0. The van der Waals surface area contributed by atoms with E-state index in [4.69, 9.17) is 4.74 Å². The standard InChI is InChI=1S/C18H15NO2/c1-21-16-8-6-14(7-9-16)10-11-19-12-15(13-20)17-4-2-3-5-18(17)19/h2-13H,1H3/b11-10+. The van der Waals surface area contributed by atoms with Crippen LogP contribution in [-0.2, 0) is 0 Å². The number of methoxy groups -OCH3 is 1. The van der Waals surface area contributed by atoms with Crippen LogP contribution in [0.1, 0.15) is 15.9 Å². The van der Waals surface area contributed by atoms with Crippen LogP contribution in [0, 0.1) is 0 Å². The Morgan fingerprint density at radius 3 is 2.52 bits per heavy atom. The lowest BCUT2D eigenvalue weighted by Crippen LogP contribution is -1.84. The van der Waals surface area contributed by atoms with Crippen molar-refractivity contribution in [3.05, 3.63) is 65.9 Å². The molecule has 1 heterocycles. The van der Waals surface area contributed by atoms with Crippen LogP contribution in [0.5, 0.6) is 5.75 Å². The third-order valence-electron chi connectivity index (χ3n) is 3.44. The number of benzene rings is 2. The number of fused-ring (bicyclic) bond motifs is 1.